The third-order valence-corrected chi connectivity index (χ3v) is 1.86. The lowest BCUT2D eigenvalue weighted by Crippen LogP contribution is -2.12. The highest BCUT2D eigenvalue weighted by Crippen LogP contribution is 2.14. The molecule has 1 aromatic carbocycles. The van der Waals surface area contributed by atoms with E-state index in [0.29, 0.717) is 11.4 Å². The van der Waals surface area contributed by atoms with Crippen molar-refractivity contribution < 1.29 is 19.3 Å². The van der Waals surface area contributed by atoms with E-state index in [1.165, 1.54) is 12.4 Å². The molecule has 0 radical (unpaired) electrons. The Morgan fingerprint density at radius 2 is 1.25 bits per heavy atom. The molecule has 0 aromatic heterocycles. The van der Waals surface area contributed by atoms with Crippen molar-refractivity contribution in [3.05, 3.63) is 24.3 Å². The van der Waals surface area contributed by atoms with Crippen molar-refractivity contribution in [1.82, 2.24) is 0 Å². The van der Waals surface area contributed by atoms with E-state index in [1.54, 1.807) is 38.1 Å². The van der Waals surface area contributed by atoms with Crippen LogP contribution in [-0.4, -0.2) is 24.6 Å². The van der Waals surface area contributed by atoms with Gasteiger partial charge < -0.3 is 0 Å². The van der Waals surface area contributed by atoms with Gasteiger partial charge >= 0.3 is 12.2 Å². The number of nitrogens with one attached hydrogen (secondary N) is 2. The van der Waals surface area contributed by atoms with E-state index in [0.717, 1.165) is 0 Å². The molecule has 0 unspecified atom stereocenters. The van der Waals surface area contributed by atoms with Crippen LogP contribution in [0.25, 0.3) is 0 Å². The Bertz CT molecular complexity index is 464. The number of carbonyl (C=O) groups is 2. The number of hydrogen-bond donors (Lipinski definition) is 2. The number of amides is 2. The van der Waals surface area contributed by atoms with Gasteiger partial charge in [-0.25, -0.2) is 9.59 Å². The maximum absolute atomic E-state index is 11.2. The highest BCUT2D eigenvalue weighted by molar-refractivity contribution is 5.87. The number of carbonyl (C=O) groups excluding carboxylic acids is 2. The molecule has 1 rings (SSSR count). The fraction of sp³-hybridized carbons (Fsp3) is 0.167. The molecule has 106 valence electrons. The number of benzene rings is 1. The fourth-order valence-corrected chi connectivity index (χ4v) is 1.12. The summed E-state index contributed by atoms with van der Waals surface area (Å²) >= 11 is 0. The lowest BCUT2D eigenvalue weighted by atomic mass is 10.3. The van der Waals surface area contributed by atoms with Crippen molar-refractivity contribution in [3.8, 4) is 0 Å². The van der Waals surface area contributed by atoms with E-state index >= 15 is 0 Å². The zero-order valence-electron chi connectivity index (χ0n) is 11.0. The molecule has 0 spiro atoms. The van der Waals surface area contributed by atoms with Crippen molar-refractivity contribution in [3.63, 3.8) is 0 Å². The topological polar surface area (TPSA) is 101 Å². The van der Waals surface area contributed by atoms with Crippen LogP contribution < -0.4 is 10.6 Å². The SMILES string of the molecule is C/C=N/OC(=O)Nc1ccc(NC(=O)O/N=C/C)cc1. The minimum Gasteiger partial charge on any atom is -0.298 e. The van der Waals surface area contributed by atoms with E-state index in [-0.39, 0.29) is 0 Å². The van der Waals surface area contributed by atoms with E-state index < -0.39 is 12.2 Å². The van der Waals surface area contributed by atoms with Gasteiger partial charge in [0.25, 0.3) is 0 Å². The summed E-state index contributed by atoms with van der Waals surface area (Å²) in [4.78, 5) is 31.3. The number of oxime groups is 2. The number of anilines is 2. The lowest BCUT2D eigenvalue weighted by molar-refractivity contribution is 0.166. The second-order valence-corrected chi connectivity index (χ2v) is 3.31. The maximum Gasteiger partial charge on any atom is 0.437 e. The first-order valence-electron chi connectivity index (χ1n) is 5.67. The zero-order chi connectivity index (χ0) is 14.8. The number of rotatable bonds is 4. The molecule has 8 nitrogen and oxygen atoms in total. The molecule has 0 aliphatic carbocycles. The van der Waals surface area contributed by atoms with Gasteiger partial charge in [0.2, 0.25) is 0 Å². The average molecular weight is 278 g/mol. The Kier molecular flexibility index (Phi) is 6.25. The second kappa shape index (κ2) is 8.25. The first-order chi connectivity index (χ1) is 9.65. The van der Waals surface area contributed by atoms with E-state index in [2.05, 4.69) is 30.6 Å². The summed E-state index contributed by atoms with van der Waals surface area (Å²) in [5.41, 5.74) is 0.985. The monoisotopic (exact) mass is 278 g/mol. The van der Waals surface area contributed by atoms with Crippen LogP contribution in [0.15, 0.2) is 34.6 Å². The van der Waals surface area contributed by atoms with Crippen LogP contribution >= 0.6 is 0 Å². The summed E-state index contributed by atoms with van der Waals surface area (Å²) in [5, 5.41) is 11.6. The van der Waals surface area contributed by atoms with Crippen LogP contribution in [0.1, 0.15) is 13.8 Å². The van der Waals surface area contributed by atoms with Crippen LogP contribution in [0.3, 0.4) is 0 Å². The summed E-state index contributed by atoms with van der Waals surface area (Å²) in [7, 11) is 0. The molecule has 1 aromatic rings. The van der Waals surface area contributed by atoms with Gasteiger partial charge in [-0.05, 0) is 38.1 Å². The molecule has 0 saturated heterocycles. The van der Waals surface area contributed by atoms with Gasteiger partial charge in [-0.1, -0.05) is 10.3 Å². The molecule has 0 atom stereocenters. The van der Waals surface area contributed by atoms with Crippen molar-refractivity contribution in [2.75, 3.05) is 10.6 Å². The molecule has 2 amide bonds. The molecule has 0 saturated carbocycles. The summed E-state index contributed by atoms with van der Waals surface area (Å²) < 4.78 is 0. The van der Waals surface area contributed by atoms with Gasteiger partial charge in [-0.2, -0.15) is 0 Å². The normalized spacial score (nSPS) is 10.5. The Labute approximate surface area is 115 Å². The highest BCUT2D eigenvalue weighted by Gasteiger charge is 2.04. The molecule has 20 heavy (non-hydrogen) atoms. The molecule has 0 aliphatic rings. The standard InChI is InChI=1S/C12H14N4O4/c1-3-13-19-11(17)15-9-5-7-10(8-6-9)16-12(18)20-14-4-2/h3-8H,1-2H3,(H,15,17)(H,16,18)/b13-3+,14-4+. The molecule has 0 aliphatic heterocycles. The summed E-state index contributed by atoms with van der Waals surface area (Å²) in [5.74, 6) is 0. The van der Waals surface area contributed by atoms with Crippen molar-refractivity contribution in [1.29, 1.82) is 0 Å². The Morgan fingerprint density at radius 3 is 1.55 bits per heavy atom. The molecular formula is C12H14N4O4. The van der Waals surface area contributed by atoms with Gasteiger partial charge in [0.05, 0.1) is 0 Å². The second-order valence-electron chi connectivity index (χ2n) is 3.31. The van der Waals surface area contributed by atoms with Crippen molar-refractivity contribution in [2.45, 2.75) is 13.8 Å². The minimum atomic E-state index is -0.708. The minimum absolute atomic E-state index is 0.492. The highest BCUT2D eigenvalue weighted by atomic mass is 16.7. The van der Waals surface area contributed by atoms with Crippen LogP contribution in [0.2, 0.25) is 0 Å². The van der Waals surface area contributed by atoms with E-state index in [4.69, 9.17) is 0 Å². The van der Waals surface area contributed by atoms with Gasteiger partial charge in [0.15, 0.2) is 0 Å². The molecular weight excluding hydrogens is 264 g/mol. The zero-order valence-corrected chi connectivity index (χ0v) is 11.0. The first-order valence-corrected chi connectivity index (χ1v) is 5.67. The van der Waals surface area contributed by atoms with Crippen molar-refractivity contribution >= 4 is 36.0 Å². The molecule has 8 heteroatoms. The smallest absolute Gasteiger partial charge is 0.298 e. The summed E-state index contributed by atoms with van der Waals surface area (Å²) in [6, 6.07) is 6.32. The van der Waals surface area contributed by atoms with E-state index in [1.807, 2.05) is 0 Å². The molecule has 0 heterocycles. The lowest BCUT2D eigenvalue weighted by Gasteiger charge is -2.05. The molecule has 0 fully saturated rings. The van der Waals surface area contributed by atoms with Gasteiger partial charge in [-0.3, -0.25) is 20.3 Å². The molecule has 0 bridgehead atoms. The van der Waals surface area contributed by atoms with Crippen LogP contribution in [0.5, 0.6) is 0 Å². The number of hydrogen-bond acceptors (Lipinski definition) is 6. The quantitative estimate of drug-likeness (QED) is 0.502. The fourth-order valence-electron chi connectivity index (χ4n) is 1.12. The van der Waals surface area contributed by atoms with Gasteiger partial charge in [0, 0.05) is 23.8 Å². The average Bonchev–Trinajstić information content (AvgIpc) is 2.45. The predicted octanol–water partition coefficient (Wildman–Crippen LogP) is 2.80. The summed E-state index contributed by atoms with van der Waals surface area (Å²) in [6.45, 7) is 3.24. The van der Waals surface area contributed by atoms with Gasteiger partial charge in [-0.15, -0.1) is 0 Å². The third-order valence-electron chi connectivity index (χ3n) is 1.86. The third kappa shape index (κ3) is 5.63. The largest absolute Gasteiger partial charge is 0.437 e. The van der Waals surface area contributed by atoms with Crippen LogP contribution in [0.4, 0.5) is 21.0 Å². The first kappa shape index (κ1) is 15.2. The summed E-state index contributed by atoms with van der Waals surface area (Å²) in [6.07, 6.45) is 1.27. The van der Waals surface area contributed by atoms with Gasteiger partial charge in [0.1, 0.15) is 0 Å². The van der Waals surface area contributed by atoms with Crippen LogP contribution in [0, 0.1) is 0 Å². The Morgan fingerprint density at radius 1 is 0.900 bits per heavy atom. The maximum atomic E-state index is 11.2. The van der Waals surface area contributed by atoms with E-state index in [9.17, 15) is 9.59 Å². The van der Waals surface area contributed by atoms with Crippen LogP contribution in [-0.2, 0) is 9.68 Å². The molecule has 2 N–H and O–H groups in total. The predicted molar refractivity (Wildman–Crippen MR) is 75.0 cm³/mol. The Balaban J connectivity index is 2.51. The Hall–Kier alpha value is -2.90. The van der Waals surface area contributed by atoms with Crippen molar-refractivity contribution in [2.24, 2.45) is 10.3 Å². The number of nitrogens with zero attached hydrogens (tertiary/aromatic N) is 2.